The molecule has 4 nitrogen and oxygen atoms in total. The number of rotatable bonds is 3. The van der Waals surface area contributed by atoms with Crippen LogP contribution in [-0.2, 0) is 0 Å². The van der Waals surface area contributed by atoms with Crippen LogP contribution in [0.5, 0.6) is 11.5 Å². The molecule has 0 aliphatic rings. The van der Waals surface area contributed by atoms with E-state index in [9.17, 15) is 0 Å². The molecule has 0 atom stereocenters. The molecule has 0 fully saturated rings. The van der Waals surface area contributed by atoms with Gasteiger partial charge < -0.3 is 15.0 Å². The van der Waals surface area contributed by atoms with Crippen LogP contribution in [0.15, 0.2) is 18.2 Å². The minimum absolute atomic E-state index is 0.534. The first-order chi connectivity index (χ1) is 5.80. The van der Waals surface area contributed by atoms with E-state index in [-0.39, 0.29) is 0 Å². The number of hydrogen-bond donors (Lipinski definition) is 1. The summed E-state index contributed by atoms with van der Waals surface area (Å²) in [6, 6.07) is 5.03. The van der Waals surface area contributed by atoms with Crippen molar-refractivity contribution in [3.05, 3.63) is 23.7 Å². The van der Waals surface area contributed by atoms with E-state index in [4.69, 9.17) is 15.0 Å². The van der Waals surface area contributed by atoms with Crippen LogP contribution in [0, 0.1) is 0 Å². The highest BCUT2D eigenvalue weighted by atomic mass is 16.5. The fourth-order valence-electron chi connectivity index (χ4n) is 0.872. The van der Waals surface area contributed by atoms with Gasteiger partial charge in [0, 0.05) is 6.07 Å². The first kappa shape index (κ1) is 8.52. The number of nitrogens with zero attached hydrogens (tertiary/aromatic N) is 1. The molecule has 0 amide bonds. The fraction of sp³-hybridized carbons (Fsp3) is 0.250. The molecule has 64 valence electrons. The Morgan fingerprint density at radius 2 is 1.58 bits per heavy atom. The van der Waals surface area contributed by atoms with E-state index in [0.717, 1.165) is 0 Å². The monoisotopic (exact) mass is 166 g/mol. The zero-order chi connectivity index (χ0) is 8.97. The minimum Gasteiger partial charge on any atom is -0.502 e. The molecule has 12 heavy (non-hydrogen) atoms. The highest BCUT2D eigenvalue weighted by Crippen LogP contribution is 2.22. The van der Waals surface area contributed by atoms with E-state index in [1.165, 1.54) is 0 Å². The fourth-order valence-corrected chi connectivity index (χ4v) is 0.872. The predicted molar refractivity (Wildman–Crippen MR) is 43.5 cm³/mol. The number of benzene rings is 1. The third kappa shape index (κ3) is 1.72. The van der Waals surface area contributed by atoms with Crippen molar-refractivity contribution >= 4 is 5.69 Å². The molecule has 4 heteroatoms. The van der Waals surface area contributed by atoms with Gasteiger partial charge in [0.15, 0.2) is 5.69 Å². The van der Waals surface area contributed by atoms with Crippen molar-refractivity contribution in [2.24, 2.45) is 0 Å². The van der Waals surface area contributed by atoms with Gasteiger partial charge in [0.1, 0.15) is 11.5 Å². The Kier molecular flexibility index (Phi) is 2.63. The van der Waals surface area contributed by atoms with Gasteiger partial charge in [-0.25, -0.2) is 0 Å². The van der Waals surface area contributed by atoms with Gasteiger partial charge in [0.05, 0.1) is 26.4 Å². The van der Waals surface area contributed by atoms with Gasteiger partial charge in [-0.05, 0) is 0 Å². The lowest BCUT2D eigenvalue weighted by atomic mass is 10.3. The van der Waals surface area contributed by atoms with E-state index in [1.54, 1.807) is 32.4 Å². The Labute approximate surface area is 70.6 Å². The van der Waals surface area contributed by atoms with Gasteiger partial charge in [-0.2, -0.15) is 0 Å². The van der Waals surface area contributed by atoms with Crippen molar-refractivity contribution in [2.45, 2.75) is 0 Å². The molecule has 0 saturated heterocycles. The topological polar surface area (TPSA) is 54.7 Å². The largest absolute Gasteiger partial charge is 0.502 e. The summed E-state index contributed by atoms with van der Waals surface area (Å²) in [7, 11) is 3.10. The Hall–Kier alpha value is -1.58. The number of ether oxygens (including phenoxy) is 2. The average Bonchev–Trinajstić information content (AvgIpc) is 2.16. The van der Waals surface area contributed by atoms with Gasteiger partial charge in [-0.1, -0.05) is 0 Å². The molecule has 0 bridgehead atoms. The van der Waals surface area contributed by atoms with Crippen molar-refractivity contribution in [2.75, 3.05) is 14.2 Å². The molecular formula is C8H10N2O2. The van der Waals surface area contributed by atoms with Gasteiger partial charge in [0.25, 0.3) is 0 Å². The standard InChI is InChI=1S/C8H10N2O2/c1-11-7-3-6(10-9)4-8(5-7)12-2/h3-5,10H,1-2H3. The van der Waals surface area contributed by atoms with Crippen molar-refractivity contribution < 1.29 is 14.6 Å². The molecular weight excluding hydrogens is 156 g/mol. The first-order valence-electron chi connectivity index (χ1n) is 3.43. The molecule has 0 aromatic heterocycles. The van der Waals surface area contributed by atoms with E-state index in [0.29, 0.717) is 17.2 Å². The lowest BCUT2D eigenvalue weighted by molar-refractivity contribution is -0.379. The van der Waals surface area contributed by atoms with Gasteiger partial charge in [-0.15, -0.1) is 0 Å². The summed E-state index contributed by atoms with van der Waals surface area (Å²) in [5, 5.41) is 2.02. The van der Waals surface area contributed by atoms with Gasteiger partial charge in [-0.3, -0.25) is 5.11 Å². The molecule has 0 aliphatic heterocycles. The summed E-state index contributed by atoms with van der Waals surface area (Å²) in [5.74, 6) is 1.26. The van der Waals surface area contributed by atoms with E-state index in [2.05, 4.69) is 0 Å². The molecule has 0 saturated carbocycles. The van der Waals surface area contributed by atoms with Crippen LogP contribution in [0.25, 0.3) is 5.53 Å². The average molecular weight is 166 g/mol. The maximum absolute atomic E-state index is 8.62. The van der Waals surface area contributed by atoms with Crippen LogP contribution in [0.4, 0.5) is 5.69 Å². The lowest BCUT2D eigenvalue weighted by Crippen LogP contribution is -2.54. The van der Waals surface area contributed by atoms with Gasteiger partial charge >= 0.3 is 0 Å². The minimum atomic E-state index is 0.534. The molecule has 0 radical (unpaired) electrons. The molecule has 1 aromatic carbocycles. The quantitative estimate of drug-likeness (QED) is 0.662. The summed E-state index contributed by atoms with van der Waals surface area (Å²) >= 11 is 0. The van der Waals surface area contributed by atoms with Crippen LogP contribution >= 0.6 is 0 Å². The van der Waals surface area contributed by atoms with E-state index < -0.39 is 0 Å². The Balaban J connectivity index is 3.09. The van der Waals surface area contributed by atoms with Crippen molar-refractivity contribution in [1.82, 2.24) is 0 Å². The molecule has 0 aliphatic carbocycles. The zero-order valence-electron chi connectivity index (χ0n) is 7.00. The second-order valence-corrected chi connectivity index (χ2v) is 2.21. The number of nitrogens with one attached hydrogen (secondary N) is 1. The lowest BCUT2D eigenvalue weighted by Gasteiger charge is -2.03. The summed E-state index contributed by atoms with van der Waals surface area (Å²) in [6.07, 6.45) is 0. The van der Waals surface area contributed by atoms with E-state index in [1.807, 2.05) is 5.11 Å². The summed E-state index contributed by atoms with van der Waals surface area (Å²) in [5.41, 5.74) is 9.15. The SMILES string of the molecule is COc1cc([NH+]=[N-])cc(OC)c1. The normalized spacial score (nSPS) is 9.17. The van der Waals surface area contributed by atoms with Crippen molar-refractivity contribution in [1.29, 1.82) is 0 Å². The zero-order valence-corrected chi connectivity index (χ0v) is 7.00. The molecule has 0 unspecified atom stereocenters. The second kappa shape index (κ2) is 3.71. The molecule has 1 aromatic rings. The number of methoxy groups -OCH3 is 2. The van der Waals surface area contributed by atoms with E-state index >= 15 is 0 Å². The smallest absolute Gasteiger partial charge is 0.200 e. The Morgan fingerprint density at radius 1 is 1.08 bits per heavy atom. The Morgan fingerprint density at radius 3 is 1.92 bits per heavy atom. The molecule has 1 rings (SSSR count). The number of hydrogen-bond acceptors (Lipinski definition) is 2. The maximum Gasteiger partial charge on any atom is 0.200 e. The third-order valence-corrected chi connectivity index (χ3v) is 1.48. The predicted octanol–water partition coefficient (Wildman–Crippen LogP) is 0.437. The molecule has 1 N–H and O–H groups in total. The Bertz CT molecular complexity index is 264. The highest BCUT2D eigenvalue weighted by molar-refractivity contribution is 5.45. The van der Waals surface area contributed by atoms with Gasteiger partial charge in [0.2, 0.25) is 0 Å². The van der Waals surface area contributed by atoms with Crippen molar-refractivity contribution in [3.63, 3.8) is 0 Å². The van der Waals surface area contributed by atoms with Crippen molar-refractivity contribution in [3.8, 4) is 11.5 Å². The van der Waals surface area contributed by atoms with Crippen LogP contribution in [0.2, 0.25) is 0 Å². The second-order valence-electron chi connectivity index (χ2n) is 2.21. The summed E-state index contributed by atoms with van der Waals surface area (Å²) in [6.45, 7) is 0. The molecule has 0 spiro atoms. The maximum atomic E-state index is 8.62. The molecule has 0 heterocycles. The van der Waals surface area contributed by atoms with Crippen LogP contribution < -0.4 is 14.6 Å². The summed E-state index contributed by atoms with van der Waals surface area (Å²) < 4.78 is 9.94. The van der Waals surface area contributed by atoms with Crippen LogP contribution in [0.3, 0.4) is 0 Å². The van der Waals surface area contributed by atoms with Crippen LogP contribution in [-0.4, -0.2) is 14.2 Å². The first-order valence-corrected chi connectivity index (χ1v) is 3.43. The highest BCUT2D eigenvalue weighted by Gasteiger charge is 2.01. The summed E-state index contributed by atoms with van der Waals surface area (Å²) in [4.78, 5) is 0. The third-order valence-electron chi connectivity index (χ3n) is 1.48. The van der Waals surface area contributed by atoms with Crippen LogP contribution in [0.1, 0.15) is 0 Å².